The van der Waals surface area contributed by atoms with E-state index in [0.29, 0.717) is 5.16 Å². The van der Waals surface area contributed by atoms with Gasteiger partial charge in [-0.1, -0.05) is 23.5 Å². The van der Waals surface area contributed by atoms with Crippen molar-refractivity contribution >= 4 is 41.2 Å². The van der Waals surface area contributed by atoms with Crippen LogP contribution < -0.4 is 34.7 Å². The van der Waals surface area contributed by atoms with Crippen molar-refractivity contribution in [3.8, 4) is 0 Å². The number of carboxylic acid groups (broad SMARTS) is 1. The quantitative estimate of drug-likeness (QED) is 0.161. The summed E-state index contributed by atoms with van der Waals surface area (Å²) in [7, 11) is 1.15. The Kier molecular flexibility index (Phi) is 10.2. The zero-order chi connectivity index (χ0) is 23.5. The van der Waals surface area contributed by atoms with Crippen molar-refractivity contribution in [1.82, 2.24) is 25.1 Å². The van der Waals surface area contributed by atoms with Gasteiger partial charge in [0.15, 0.2) is 11.8 Å². The fraction of sp³-hybridized carbons (Fsp3) is 0.625. The third-order valence-corrected chi connectivity index (χ3v) is 6.56. The van der Waals surface area contributed by atoms with Crippen LogP contribution in [-0.2, 0) is 30.4 Å². The van der Waals surface area contributed by atoms with E-state index in [-0.39, 0.29) is 72.4 Å². The monoisotopic (exact) mass is 517 g/mol. The van der Waals surface area contributed by atoms with Crippen LogP contribution in [0.15, 0.2) is 16.4 Å². The summed E-state index contributed by atoms with van der Waals surface area (Å²) in [5.74, 6) is -6.37. The second-order valence-corrected chi connectivity index (χ2v) is 8.58. The van der Waals surface area contributed by atoms with E-state index >= 15 is 0 Å². The smallest absolute Gasteiger partial charge is 0.543 e. The van der Waals surface area contributed by atoms with Crippen molar-refractivity contribution in [3.63, 3.8) is 0 Å². The number of tetrazole rings is 1. The maximum absolute atomic E-state index is 12.9. The third kappa shape index (κ3) is 5.75. The number of amides is 1. The van der Waals surface area contributed by atoms with Gasteiger partial charge in [0, 0.05) is 19.3 Å². The molecular formula is C16H18F2N5NaO7S2. The van der Waals surface area contributed by atoms with Gasteiger partial charge in [0.25, 0.3) is 11.7 Å². The van der Waals surface area contributed by atoms with Crippen molar-refractivity contribution in [1.29, 1.82) is 0 Å². The number of ether oxygens (including phenoxy) is 2. The van der Waals surface area contributed by atoms with Crippen LogP contribution in [0.5, 0.6) is 0 Å². The molecule has 176 valence electrons. The van der Waals surface area contributed by atoms with Crippen LogP contribution >= 0.6 is 23.5 Å². The number of aliphatic hydroxyl groups is 1. The van der Waals surface area contributed by atoms with Gasteiger partial charge in [0.2, 0.25) is 5.16 Å². The molecule has 1 amide bonds. The van der Waals surface area contributed by atoms with Crippen LogP contribution in [0.4, 0.5) is 8.78 Å². The van der Waals surface area contributed by atoms with E-state index in [9.17, 15) is 28.3 Å². The van der Waals surface area contributed by atoms with Gasteiger partial charge in [0.1, 0.15) is 5.78 Å². The van der Waals surface area contributed by atoms with Gasteiger partial charge < -0.3 is 24.5 Å². The number of rotatable bonds is 12. The summed E-state index contributed by atoms with van der Waals surface area (Å²) in [6.45, 7) is -0.275. The van der Waals surface area contributed by atoms with E-state index in [1.165, 1.54) is 4.68 Å². The summed E-state index contributed by atoms with van der Waals surface area (Å²) in [6, 6.07) is 0. The van der Waals surface area contributed by atoms with Crippen LogP contribution in [0.25, 0.3) is 0 Å². The van der Waals surface area contributed by atoms with E-state index in [1.54, 1.807) is 0 Å². The predicted octanol–water partition coefficient (Wildman–Crippen LogP) is -4.74. The number of carbonyl (C=O) groups is 3. The minimum Gasteiger partial charge on any atom is -0.543 e. The van der Waals surface area contributed by atoms with Gasteiger partial charge in [-0.25, -0.2) is 4.68 Å². The van der Waals surface area contributed by atoms with Crippen LogP contribution in [0, 0.1) is 0 Å². The van der Waals surface area contributed by atoms with Crippen molar-refractivity contribution in [2.45, 2.75) is 35.7 Å². The number of aliphatic hydroxyl groups excluding tert-OH is 1. The molecule has 0 bridgehead atoms. The molecule has 33 heavy (non-hydrogen) atoms. The van der Waals surface area contributed by atoms with E-state index in [2.05, 4.69) is 15.5 Å². The Hall–Kier alpha value is -1.14. The first kappa shape index (κ1) is 28.1. The molecule has 0 saturated carbocycles. The van der Waals surface area contributed by atoms with Gasteiger partial charge in [-0.2, -0.15) is 8.78 Å². The number of Topliss-reactive ketones (excluding diaryl/α,β-unsaturated/α-hetero) is 1. The molecule has 3 rings (SSSR count). The number of methoxy groups -OCH3 is 1. The molecule has 2 aliphatic rings. The first-order chi connectivity index (χ1) is 15.2. The minimum absolute atomic E-state index is 0. The number of β-lactam (4-membered cyclic amide) rings is 1. The molecule has 2 aliphatic heterocycles. The molecule has 3 heterocycles. The number of carboxylic acids is 1. The van der Waals surface area contributed by atoms with Crippen molar-refractivity contribution < 1.29 is 72.4 Å². The molecule has 0 spiro atoms. The molecule has 1 aromatic rings. The first-order valence-corrected chi connectivity index (χ1v) is 11.1. The number of halogens is 2. The van der Waals surface area contributed by atoms with E-state index in [4.69, 9.17) is 14.6 Å². The number of hydrogen-bond acceptors (Lipinski definition) is 12. The molecule has 12 nitrogen and oxygen atoms in total. The molecule has 0 radical (unpaired) electrons. The number of nitrogens with zero attached hydrogens (tertiary/aromatic N) is 5. The Labute approximate surface area is 216 Å². The van der Waals surface area contributed by atoms with Crippen LogP contribution in [0.1, 0.15) is 6.42 Å². The molecule has 1 saturated heterocycles. The van der Waals surface area contributed by atoms with E-state index in [0.717, 1.165) is 23.8 Å². The van der Waals surface area contributed by atoms with Crippen LogP contribution in [-0.4, -0.2) is 97.3 Å². The van der Waals surface area contributed by atoms with E-state index < -0.39 is 53.1 Å². The zero-order valence-electron chi connectivity index (χ0n) is 17.6. The second kappa shape index (κ2) is 12.0. The SMILES string of the molecule is CO[C@@]1(CC(=O)CSC(F)F)C(=O)N2C(C(=O)[O-])=C(CSc3nnnn3CCO)CO[C@@H]21.[Na+]. The number of aromatic nitrogens is 4. The Bertz CT molecular complexity index is 937. The maximum Gasteiger partial charge on any atom is 1.00 e. The fourth-order valence-corrected chi connectivity index (χ4v) is 4.68. The van der Waals surface area contributed by atoms with E-state index in [1.807, 2.05) is 0 Å². The van der Waals surface area contributed by atoms with Gasteiger partial charge >= 0.3 is 29.6 Å². The molecule has 2 atom stereocenters. The number of ketones is 1. The second-order valence-electron chi connectivity index (χ2n) is 6.66. The number of thioether (sulfide) groups is 2. The molecule has 0 unspecified atom stereocenters. The van der Waals surface area contributed by atoms with Crippen molar-refractivity contribution in [3.05, 3.63) is 11.3 Å². The number of aliphatic carboxylic acids is 1. The average molecular weight is 517 g/mol. The number of fused-ring (bicyclic) bond motifs is 1. The summed E-state index contributed by atoms with van der Waals surface area (Å²) in [5, 5.41) is 32.1. The summed E-state index contributed by atoms with van der Waals surface area (Å²) < 4.78 is 36.9. The fourth-order valence-electron chi connectivity index (χ4n) is 3.37. The largest absolute Gasteiger partial charge is 1.00 e. The molecule has 1 fully saturated rings. The van der Waals surface area contributed by atoms with Gasteiger partial charge in [0.05, 0.1) is 37.2 Å². The summed E-state index contributed by atoms with van der Waals surface area (Å²) in [6.07, 6.45) is -1.76. The topological polar surface area (TPSA) is 160 Å². The summed E-state index contributed by atoms with van der Waals surface area (Å²) >= 11 is 1.18. The third-order valence-electron chi connectivity index (χ3n) is 4.78. The Morgan fingerprint density at radius 1 is 1.45 bits per heavy atom. The van der Waals surface area contributed by atoms with Crippen molar-refractivity contribution in [2.24, 2.45) is 0 Å². The Morgan fingerprint density at radius 2 is 2.18 bits per heavy atom. The maximum atomic E-state index is 12.9. The molecule has 0 aromatic carbocycles. The normalized spacial score (nSPS) is 22.2. The van der Waals surface area contributed by atoms with Crippen LogP contribution in [0.3, 0.4) is 0 Å². The average Bonchev–Trinajstić information content (AvgIpc) is 3.20. The predicted molar refractivity (Wildman–Crippen MR) is 102 cm³/mol. The number of hydrogen-bond donors (Lipinski definition) is 1. The van der Waals surface area contributed by atoms with Gasteiger partial charge in [-0.3, -0.25) is 14.5 Å². The molecule has 1 aromatic heterocycles. The molecule has 0 aliphatic carbocycles. The van der Waals surface area contributed by atoms with Crippen LogP contribution in [0.2, 0.25) is 0 Å². The Balaban J connectivity index is 0.00000385. The Morgan fingerprint density at radius 3 is 2.79 bits per heavy atom. The summed E-state index contributed by atoms with van der Waals surface area (Å²) in [4.78, 5) is 37.6. The number of carbonyl (C=O) groups excluding carboxylic acids is 3. The standard InChI is InChI=1S/C16H19F2N5O7S2.Na/c1-29-16(4-9(25)7-31-14(17)18)12(28)23-10(11(26)27)8(5-30-13(16)23)6-32-15-19-20-21-22(15)2-3-24;/h13-14,24H,2-7H2,1H3,(H,26,27);/q;+1/p-1/t13-,16+;/m1./s1. The first-order valence-electron chi connectivity index (χ1n) is 9.10. The molecule has 1 N–H and O–H groups in total. The van der Waals surface area contributed by atoms with Gasteiger partial charge in [-0.05, 0) is 16.0 Å². The zero-order valence-corrected chi connectivity index (χ0v) is 21.2. The molecular weight excluding hydrogens is 499 g/mol. The minimum atomic E-state index is -2.75. The summed E-state index contributed by atoms with van der Waals surface area (Å²) in [5.41, 5.74) is -2.01. The van der Waals surface area contributed by atoms with Crippen molar-refractivity contribution in [2.75, 3.05) is 31.8 Å². The number of alkyl halides is 2. The molecule has 17 heteroatoms. The van der Waals surface area contributed by atoms with Gasteiger partial charge in [-0.15, -0.1) is 5.10 Å².